The normalized spacial score (nSPS) is 22.3. The van der Waals surface area contributed by atoms with Crippen LogP contribution in [0.2, 0.25) is 0 Å². The van der Waals surface area contributed by atoms with Gasteiger partial charge in [-0.2, -0.15) is 4.98 Å². The first-order valence-electron chi connectivity index (χ1n) is 7.91. The van der Waals surface area contributed by atoms with E-state index in [1.165, 1.54) is 32.1 Å². The minimum Gasteiger partial charge on any atom is -0.399 e. The fourth-order valence-electron chi connectivity index (χ4n) is 3.28. The fourth-order valence-corrected chi connectivity index (χ4v) is 3.28. The number of nitrogens with two attached hydrogens (primary N) is 1. The zero-order chi connectivity index (χ0) is 14.7. The second-order valence-corrected chi connectivity index (χ2v) is 6.11. The molecule has 3 rings (SSSR count). The number of hydrogen-bond donors (Lipinski definition) is 1. The number of aromatic nitrogens is 2. The zero-order valence-corrected chi connectivity index (χ0v) is 12.6. The highest BCUT2D eigenvalue weighted by Gasteiger charge is 2.25. The summed E-state index contributed by atoms with van der Waals surface area (Å²) in [4.78, 5) is 4.61. The van der Waals surface area contributed by atoms with Crippen molar-refractivity contribution in [2.24, 2.45) is 5.92 Å². The van der Waals surface area contributed by atoms with Gasteiger partial charge in [-0.05, 0) is 36.5 Å². The Balaban J connectivity index is 1.68. The Hall–Kier alpha value is -1.84. The van der Waals surface area contributed by atoms with Crippen LogP contribution in [0.4, 0.5) is 5.69 Å². The van der Waals surface area contributed by atoms with E-state index in [0.29, 0.717) is 18.2 Å². The number of anilines is 1. The van der Waals surface area contributed by atoms with Crippen molar-refractivity contribution in [3.05, 3.63) is 41.5 Å². The van der Waals surface area contributed by atoms with Crippen LogP contribution in [0.25, 0.3) is 0 Å². The van der Waals surface area contributed by atoms with Gasteiger partial charge in [0.25, 0.3) is 0 Å². The standard InChI is InChI=1S/C17H23N3O/c1-2-12-5-3-7-14(9-12)17-19-16(21-20-17)11-13-6-4-8-15(18)10-13/h4,6,8,10,12,14H,2-3,5,7,9,11,18H2,1H3. The van der Waals surface area contributed by atoms with E-state index >= 15 is 0 Å². The highest BCUT2D eigenvalue weighted by molar-refractivity contribution is 5.41. The average Bonchev–Trinajstić information content (AvgIpc) is 2.96. The topological polar surface area (TPSA) is 64.9 Å². The number of nitrogens with zero attached hydrogens (tertiary/aromatic N) is 2. The van der Waals surface area contributed by atoms with Gasteiger partial charge in [0.15, 0.2) is 5.82 Å². The van der Waals surface area contributed by atoms with Crippen molar-refractivity contribution in [1.82, 2.24) is 10.1 Å². The molecule has 1 aliphatic rings. The molecule has 2 N–H and O–H groups in total. The lowest BCUT2D eigenvalue weighted by atomic mass is 9.80. The van der Waals surface area contributed by atoms with Gasteiger partial charge in [0.05, 0.1) is 6.42 Å². The van der Waals surface area contributed by atoms with E-state index in [-0.39, 0.29) is 0 Å². The Morgan fingerprint density at radius 1 is 1.33 bits per heavy atom. The third-order valence-corrected chi connectivity index (χ3v) is 4.52. The molecule has 2 aromatic rings. The summed E-state index contributed by atoms with van der Waals surface area (Å²) in [6, 6.07) is 7.83. The van der Waals surface area contributed by atoms with Gasteiger partial charge in [-0.3, -0.25) is 0 Å². The summed E-state index contributed by atoms with van der Waals surface area (Å²) in [6.45, 7) is 2.27. The highest BCUT2D eigenvalue weighted by Crippen LogP contribution is 2.36. The summed E-state index contributed by atoms with van der Waals surface area (Å²) in [5, 5.41) is 4.21. The molecule has 112 valence electrons. The van der Waals surface area contributed by atoms with Crippen LogP contribution in [-0.2, 0) is 6.42 Å². The molecule has 0 saturated heterocycles. The molecule has 1 aliphatic carbocycles. The molecular formula is C17H23N3O. The maximum absolute atomic E-state index is 5.80. The molecule has 0 aliphatic heterocycles. The average molecular weight is 285 g/mol. The van der Waals surface area contributed by atoms with E-state index < -0.39 is 0 Å². The first-order valence-corrected chi connectivity index (χ1v) is 7.91. The van der Waals surface area contributed by atoms with Crippen LogP contribution >= 0.6 is 0 Å². The molecule has 1 fully saturated rings. The van der Waals surface area contributed by atoms with Crippen molar-refractivity contribution >= 4 is 5.69 Å². The molecule has 0 bridgehead atoms. The smallest absolute Gasteiger partial charge is 0.231 e. The summed E-state index contributed by atoms with van der Waals surface area (Å²) >= 11 is 0. The Kier molecular flexibility index (Phi) is 4.23. The maximum atomic E-state index is 5.80. The molecule has 0 amide bonds. The Bertz CT molecular complexity index is 593. The van der Waals surface area contributed by atoms with Crippen LogP contribution in [0.15, 0.2) is 28.8 Å². The Morgan fingerprint density at radius 3 is 3.05 bits per heavy atom. The van der Waals surface area contributed by atoms with E-state index in [0.717, 1.165) is 23.0 Å². The van der Waals surface area contributed by atoms with Crippen molar-refractivity contribution < 1.29 is 4.52 Å². The second-order valence-electron chi connectivity index (χ2n) is 6.11. The molecular weight excluding hydrogens is 262 g/mol. The lowest BCUT2D eigenvalue weighted by Crippen LogP contribution is -2.14. The molecule has 0 radical (unpaired) electrons. The van der Waals surface area contributed by atoms with Gasteiger partial charge in [-0.1, -0.05) is 43.5 Å². The Labute approximate surface area is 125 Å². The minimum atomic E-state index is 0.474. The number of hydrogen-bond acceptors (Lipinski definition) is 4. The van der Waals surface area contributed by atoms with Crippen molar-refractivity contribution in [3.8, 4) is 0 Å². The van der Waals surface area contributed by atoms with E-state index in [9.17, 15) is 0 Å². The molecule has 2 atom stereocenters. The van der Waals surface area contributed by atoms with Crippen molar-refractivity contribution in [3.63, 3.8) is 0 Å². The summed E-state index contributed by atoms with van der Waals surface area (Å²) in [6.07, 6.45) is 6.93. The van der Waals surface area contributed by atoms with Crippen molar-refractivity contribution in [2.45, 2.75) is 51.4 Å². The monoisotopic (exact) mass is 285 g/mol. The maximum Gasteiger partial charge on any atom is 0.231 e. The summed E-state index contributed by atoms with van der Waals surface area (Å²) in [5.74, 6) is 2.88. The molecule has 21 heavy (non-hydrogen) atoms. The number of rotatable bonds is 4. The van der Waals surface area contributed by atoms with Gasteiger partial charge in [0.2, 0.25) is 5.89 Å². The van der Waals surface area contributed by atoms with E-state index in [2.05, 4.69) is 17.1 Å². The van der Waals surface area contributed by atoms with E-state index in [1.54, 1.807) is 0 Å². The molecule has 1 aromatic carbocycles. The summed E-state index contributed by atoms with van der Waals surface area (Å²) in [7, 11) is 0. The van der Waals surface area contributed by atoms with Gasteiger partial charge in [0, 0.05) is 11.6 Å². The summed E-state index contributed by atoms with van der Waals surface area (Å²) in [5.41, 5.74) is 7.68. The third kappa shape index (κ3) is 3.43. The molecule has 1 aromatic heterocycles. The predicted octanol–water partition coefficient (Wildman–Crippen LogP) is 3.93. The molecule has 2 unspecified atom stereocenters. The molecule has 1 heterocycles. The predicted molar refractivity (Wildman–Crippen MR) is 82.9 cm³/mol. The van der Waals surface area contributed by atoms with Crippen LogP contribution < -0.4 is 5.73 Å². The molecule has 4 nitrogen and oxygen atoms in total. The van der Waals surface area contributed by atoms with E-state index in [1.807, 2.05) is 24.3 Å². The number of nitrogen functional groups attached to an aromatic ring is 1. The van der Waals surface area contributed by atoms with Crippen LogP contribution in [0.1, 0.15) is 62.2 Å². The van der Waals surface area contributed by atoms with Gasteiger partial charge < -0.3 is 10.3 Å². The minimum absolute atomic E-state index is 0.474. The number of benzene rings is 1. The molecule has 4 heteroatoms. The van der Waals surface area contributed by atoms with E-state index in [4.69, 9.17) is 10.3 Å². The lowest BCUT2D eigenvalue weighted by molar-refractivity contribution is 0.298. The van der Waals surface area contributed by atoms with Crippen molar-refractivity contribution in [2.75, 3.05) is 5.73 Å². The van der Waals surface area contributed by atoms with Gasteiger partial charge in [-0.25, -0.2) is 0 Å². The molecule has 0 spiro atoms. The molecule has 1 saturated carbocycles. The largest absolute Gasteiger partial charge is 0.399 e. The summed E-state index contributed by atoms with van der Waals surface area (Å²) < 4.78 is 5.43. The van der Waals surface area contributed by atoms with Gasteiger partial charge in [0.1, 0.15) is 0 Å². The van der Waals surface area contributed by atoms with Crippen molar-refractivity contribution in [1.29, 1.82) is 0 Å². The second kappa shape index (κ2) is 6.29. The first kappa shape index (κ1) is 14.1. The third-order valence-electron chi connectivity index (χ3n) is 4.52. The zero-order valence-electron chi connectivity index (χ0n) is 12.6. The fraction of sp³-hybridized carbons (Fsp3) is 0.529. The SMILES string of the molecule is CCC1CCCC(c2noc(Cc3cccc(N)c3)n2)C1. The van der Waals surface area contributed by atoms with Gasteiger partial charge >= 0.3 is 0 Å². The van der Waals surface area contributed by atoms with Crippen LogP contribution in [0.3, 0.4) is 0 Å². The lowest BCUT2D eigenvalue weighted by Gasteiger charge is -2.26. The van der Waals surface area contributed by atoms with Crippen LogP contribution in [-0.4, -0.2) is 10.1 Å². The quantitative estimate of drug-likeness (QED) is 0.864. The first-order chi connectivity index (χ1) is 10.2. The highest BCUT2D eigenvalue weighted by atomic mass is 16.5. The van der Waals surface area contributed by atoms with Crippen LogP contribution in [0.5, 0.6) is 0 Å². The Morgan fingerprint density at radius 2 is 2.24 bits per heavy atom. The van der Waals surface area contributed by atoms with Crippen LogP contribution in [0, 0.1) is 5.92 Å². The van der Waals surface area contributed by atoms with Gasteiger partial charge in [-0.15, -0.1) is 0 Å².